The van der Waals surface area contributed by atoms with Crippen molar-refractivity contribution in [1.29, 1.82) is 0 Å². The van der Waals surface area contributed by atoms with Crippen molar-refractivity contribution in [2.24, 2.45) is 5.92 Å². The van der Waals surface area contributed by atoms with E-state index in [-0.39, 0.29) is 6.10 Å². The summed E-state index contributed by atoms with van der Waals surface area (Å²) in [6, 6.07) is 6.42. The highest BCUT2D eigenvalue weighted by molar-refractivity contribution is 5.40. The highest BCUT2D eigenvalue weighted by atomic mass is 16.5. The third kappa shape index (κ3) is 4.80. The molecule has 2 rings (SSSR count). The largest absolute Gasteiger partial charge is 0.488 e. The predicted molar refractivity (Wildman–Crippen MR) is 82.4 cm³/mol. The lowest BCUT2D eigenvalue weighted by Crippen LogP contribution is -2.32. The monoisotopic (exact) mass is 277 g/mol. The van der Waals surface area contributed by atoms with Crippen LogP contribution >= 0.6 is 0 Å². The zero-order valence-corrected chi connectivity index (χ0v) is 12.9. The zero-order chi connectivity index (χ0) is 14.4. The Labute approximate surface area is 122 Å². The maximum Gasteiger partial charge on any atom is 0.123 e. The molecule has 0 aromatic heterocycles. The molecule has 1 aromatic carbocycles. The second kappa shape index (κ2) is 7.65. The van der Waals surface area contributed by atoms with Crippen LogP contribution in [-0.4, -0.2) is 32.4 Å². The second-order valence-electron chi connectivity index (χ2n) is 6.05. The Morgan fingerprint density at radius 1 is 1.35 bits per heavy atom. The van der Waals surface area contributed by atoms with Crippen molar-refractivity contribution in [1.82, 2.24) is 5.32 Å². The van der Waals surface area contributed by atoms with E-state index in [1.807, 2.05) is 0 Å². The first-order valence-corrected chi connectivity index (χ1v) is 7.70. The van der Waals surface area contributed by atoms with Gasteiger partial charge in [-0.25, -0.2) is 0 Å². The van der Waals surface area contributed by atoms with E-state index in [1.165, 1.54) is 11.1 Å². The Balaban J connectivity index is 1.56. The van der Waals surface area contributed by atoms with E-state index < -0.39 is 0 Å². The SMILES string of the molecule is Cc1ccc2c(c1)CC(CNCCOCCC(C)C)O2. The number of hydrogen-bond acceptors (Lipinski definition) is 3. The molecule has 0 bridgehead atoms. The number of rotatable bonds is 8. The molecule has 1 aliphatic rings. The van der Waals surface area contributed by atoms with Crippen LogP contribution in [0, 0.1) is 12.8 Å². The number of benzene rings is 1. The summed E-state index contributed by atoms with van der Waals surface area (Å²) in [6.07, 6.45) is 2.42. The summed E-state index contributed by atoms with van der Waals surface area (Å²) in [5, 5.41) is 3.41. The van der Waals surface area contributed by atoms with E-state index in [1.54, 1.807) is 0 Å². The van der Waals surface area contributed by atoms with E-state index in [0.717, 1.165) is 50.8 Å². The van der Waals surface area contributed by atoms with Crippen LogP contribution in [0.5, 0.6) is 5.75 Å². The summed E-state index contributed by atoms with van der Waals surface area (Å²) in [5.74, 6) is 1.77. The molecular weight excluding hydrogens is 250 g/mol. The number of aryl methyl sites for hydroxylation is 1. The van der Waals surface area contributed by atoms with Gasteiger partial charge < -0.3 is 14.8 Å². The molecule has 1 unspecified atom stereocenters. The van der Waals surface area contributed by atoms with Crippen LogP contribution in [0.3, 0.4) is 0 Å². The average molecular weight is 277 g/mol. The van der Waals surface area contributed by atoms with Gasteiger partial charge in [-0.15, -0.1) is 0 Å². The van der Waals surface area contributed by atoms with Crippen molar-refractivity contribution in [3.05, 3.63) is 29.3 Å². The molecule has 0 radical (unpaired) electrons. The Bertz CT molecular complexity index is 417. The Morgan fingerprint density at radius 3 is 3.00 bits per heavy atom. The molecule has 112 valence electrons. The van der Waals surface area contributed by atoms with E-state index in [0.29, 0.717) is 0 Å². The highest BCUT2D eigenvalue weighted by Crippen LogP contribution is 2.29. The van der Waals surface area contributed by atoms with Crippen molar-refractivity contribution in [3.8, 4) is 5.75 Å². The Morgan fingerprint density at radius 2 is 2.20 bits per heavy atom. The first-order valence-electron chi connectivity index (χ1n) is 7.70. The fraction of sp³-hybridized carbons (Fsp3) is 0.647. The van der Waals surface area contributed by atoms with Crippen LogP contribution < -0.4 is 10.1 Å². The first-order chi connectivity index (χ1) is 9.65. The topological polar surface area (TPSA) is 30.5 Å². The summed E-state index contributed by atoms with van der Waals surface area (Å²) in [4.78, 5) is 0. The van der Waals surface area contributed by atoms with Gasteiger partial charge in [-0.3, -0.25) is 0 Å². The normalized spacial score (nSPS) is 17.3. The summed E-state index contributed by atoms with van der Waals surface area (Å²) < 4.78 is 11.5. The van der Waals surface area contributed by atoms with Crippen LogP contribution in [0.1, 0.15) is 31.4 Å². The van der Waals surface area contributed by atoms with E-state index in [4.69, 9.17) is 9.47 Å². The van der Waals surface area contributed by atoms with Gasteiger partial charge in [0.25, 0.3) is 0 Å². The van der Waals surface area contributed by atoms with Crippen molar-refractivity contribution in [2.75, 3.05) is 26.3 Å². The molecule has 1 heterocycles. The van der Waals surface area contributed by atoms with E-state index in [2.05, 4.69) is 44.3 Å². The maximum absolute atomic E-state index is 5.92. The molecule has 3 heteroatoms. The van der Waals surface area contributed by atoms with Gasteiger partial charge in [0, 0.05) is 26.1 Å². The molecule has 0 fully saturated rings. The van der Waals surface area contributed by atoms with Gasteiger partial charge >= 0.3 is 0 Å². The second-order valence-corrected chi connectivity index (χ2v) is 6.05. The highest BCUT2D eigenvalue weighted by Gasteiger charge is 2.22. The molecule has 0 saturated carbocycles. The third-order valence-corrected chi connectivity index (χ3v) is 3.59. The first kappa shape index (κ1) is 15.3. The lowest BCUT2D eigenvalue weighted by Gasteiger charge is -2.12. The van der Waals surface area contributed by atoms with Gasteiger partial charge in [0.1, 0.15) is 11.9 Å². The maximum atomic E-state index is 5.92. The number of ether oxygens (including phenoxy) is 2. The lowest BCUT2D eigenvalue weighted by atomic mass is 10.1. The van der Waals surface area contributed by atoms with Gasteiger partial charge in [-0.05, 0) is 30.9 Å². The van der Waals surface area contributed by atoms with Gasteiger partial charge in [0.05, 0.1) is 6.61 Å². The Kier molecular flexibility index (Phi) is 5.86. The molecular formula is C17H27NO2. The minimum atomic E-state index is 0.266. The molecule has 1 aliphatic heterocycles. The number of nitrogens with one attached hydrogen (secondary N) is 1. The average Bonchev–Trinajstić information content (AvgIpc) is 2.79. The van der Waals surface area contributed by atoms with Crippen molar-refractivity contribution >= 4 is 0 Å². The molecule has 0 aliphatic carbocycles. The smallest absolute Gasteiger partial charge is 0.123 e. The third-order valence-electron chi connectivity index (χ3n) is 3.59. The van der Waals surface area contributed by atoms with Gasteiger partial charge in [0.2, 0.25) is 0 Å². The Hall–Kier alpha value is -1.06. The van der Waals surface area contributed by atoms with Crippen molar-refractivity contribution in [2.45, 2.75) is 39.7 Å². The van der Waals surface area contributed by atoms with Crippen molar-refractivity contribution < 1.29 is 9.47 Å². The van der Waals surface area contributed by atoms with Gasteiger partial charge in [-0.1, -0.05) is 31.5 Å². The fourth-order valence-electron chi connectivity index (χ4n) is 2.39. The quantitative estimate of drug-likeness (QED) is 0.741. The van der Waals surface area contributed by atoms with Crippen molar-refractivity contribution in [3.63, 3.8) is 0 Å². The fourth-order valence-corrected chi connectivity index (χ4v) is 2.39. The number of fused-ring (bicyclic) bond motifs is 1. The number of hydrogen-bond donors (Lipinski definition) is 1. The van der Waals surface area contributed by atoms with Crippen LogP contribution in [0.15, 0.2) is 18.2 Å². The molecule has 0 amide bonds. The summed E-state index contributed by atoms with van der Waals surface area (Å²) in [5.41, 5.74) is 2.64. The molecule has 1 aromatic rings. The van der Waals surface area contributed by atoms with Gasteiger partial charge in [-0.2, -0.15) is 0 Å². The predicted octanol–water partition coefficient (Wildman–Crippen LogP) is 2.95. The summed E-state index contributed by atoms with van der Waals surface area (Å²) >= 11 is 0. The molecule has 20 heavy (non-hydrogen) atoms. The van der Waals surface area contributed by atoms with Crippen LogP contribution in [0.4, 0.5) is 0 Å². The van der Waals surface area contributed by atoms with Crippen LogP contribution in [0.25, 0.3) is 0 Å². The summed E-state index contributed by atoms with van der Waals surface area (Å²) in [6.45, 7) is 10.0. The van der Waals surface area contributed by atoms with Crippen LogP contribution in [0.2, 0.25) is 0 Å². The molecule has 1 atom stereocenters. The molecule has 3 nitrogen and oxygen atoms in total. The van der Waals surface area contributed by atoms with Gasteiger partial charge in [0.15, 0.2) is 0 Å². The molecule has 1 N–H and O–H groups in total. The zero-order valence-electron chi connectivity index (χ0n) is 12.9. The molecule has 0 spiro atoms. The standard InChI is InChI=1S/C17H27NO2/c1-13(2)6-8-19-9-7-18-12-16-11-15-10-14(3)4-5-17(15)20-16/h4-5,10,13,16,18H,6-9,11-12H2,1-3H3. The minimum absolute atomic E-state index is 0.266. The minimum Gasteiger partial charge on any atom is -0.488 e. The molecule has 0 saturated heterocycles. The van der Waals surface area contributed by atoms with E-state index in [9.17, 15) is 0 Å². The van der Waals surface area contributed by atoms with E-state index >= 15 is 0 Å². The lowest BCUT2D eigenvalue weighted by molar-refractivity contribution is 0.122. The summed E-state index contributed by atoms with van der Waals surface area (Å²) in [7, 11) is 0. The van der Waals surface area contributed by atoms with Crippen LogP contribution in [-0.2, 0) is 11.2 Å².